The fraction of sp³-hybridized carbons (Fsp3) is 0.500. The van der Waals surface area contributed by atoms with Crippen molar-refractivity contribution in [2.75, 3.05) is 20.8 Å². The van der Waals surface area contributed by atoms with E-state index in [1.807, 2.05) is 20.8 Å². The summed E-state index contributed by atoms with van der Waals surface area (Å²) in [6.07, 6.45) is 0.384. The van der Waals surface area contributed by atoms with E-state index in [1.165, 1.54) is 20.3 Å². The van der Waals surface area contributed by atoms with Crippen LogP contribution in [0.1, 0.15) is 38.0 Å². The molecule has 1 rings (SSSR count). The van der Waals surface area contributed by atoms with Crippen molar-refractivity contribution in [3.63, 3.8) is 0 Å². The van der Waals surface area contributed by atoms with Crippen LogP contribution in [0.15, 0.2) is 18.2 Å². The average Bonchev–Trinajstić information content (AvgIpc) is 2.56. The molecule has 0 aliphatic carbocycles. The summed E-state index contributed by atoms with van der Waals surface area (Å²) in [5, 5.41) is 28.9. The van der Waals surface area contributed by atoms with Crippen molar-refractivity contribution >= 4 is 11.9 Å². The summed E-state index contributed by atoms with van der Waals surface area (Å²) in [6, 6.07) is 3.25. The highest BCUT2D eigenvalue weighted by atomic mass is 16.5. The second-order valence-corrected chi connectivity index (χ2v) is 6.48. The minimum absolute atomic E-state index is 0.0275. The van der Waals surface area contributed by atoms with Crippen LogP contribution in [0.3, 0.4) is 0 Å². The van der Waals surface area contributed by atoms with E-state index in [0.717, 1.165) is 0 Å². The third-order valence-corrected chi connectivity index (χ3v) is 3.58. The molecule has 0 amide bonds. The van der Waals surface area contributed by atoms with E-state index in [2.05, 4.69) is 0 Å². The van der Waals surface area contributed by atoms with E-state index in [9.17, 15) is 15.0 Å². The monoisotopic (exact) mass is 338 g/mol. The van der Waals surface area contributed by atoms with E-state index in [1.54, 1.807) is 18.2 Å². The topological polar surface area (TPSA) is 96.2 Å². The van der Waals surface area contributed by atoms with E-state index in [4.69, 9.17) is 14.6 Å². The molecule has 6 nitrogen and oxygen atoms in total. The van der Waals surface area contributed by atoms with Gasteiger partial charge >= 0.3 is 0 Å². The number of methoxy groups -OCH3 is 2. The van der Waals surface area contributed by atoms with Crippen molar-refractivity contribution in [2.24, 2.45) is 5.41 Å². The molecule has 0 aliphatic heterocycles. The lowest BCUT2D eigenvalue weighted by atomic mass is 9.90. The van der Waals surface area contributed by atoms with Crippen LogP contribution >= 0.6 is 0 Å². The predicted molar refractivity (Wildman–Crippen MR) is 91.1 cm³/mol. The first-order valence-electron chi connectivity index (χ1n) is 7.61. The van der Waals surface area contributed by atoms with Gasteiger partial charge in [-0.15, -0.1) is 0 Å². The number of carbonyl (C=O) groups excluding carboxylic acids is 1. The average molecular weight is 338 g/mol. The fourth-order valence-electron chi connectivity index (χ4n) is 2.06. The zero-order valence-electron chi connectivity index (χ0n) is 14.7. The van der Waals surface area contributed by atoms with Gasteiger partial charge in [-0.05, 0) is 23.8 Å². The number of ether oxygens (including phenoxy) is 2. The molecule has 6 heteroatoms. The van der Waals surface area contributed by atoms with Crippen LogP contribution in [0, 0.1) is 5.41 Å². The second kappa shape index (κ2) is 8.28. The van der Waals surface area contributed by atoms with Gasteiger partial charge in [0, 0.05) is 5.41 Å². The predicted octanol–water partition coefficient (Wildman–Crippen LogP) is 1.72. The maximum absolute atomic E-state index is 12.0. The van der Waals surface area contributed by atoms with Gasteiger partial charge in [0.2, 0.25) is 0 Å². The number of aliphatic hydroxyl groups excluding tert-OH is 3. The zero-order valence-corrected chi connectivity index (χ0v) is 14.7. The lowest BCUT2D eigenvalue weighted by Crippen LogP contribution is -2.23. The number of ketones is 1. The van der Waals surface area contributed by atoms with Crippen LogP contribution in [0.2, 0.25) is 0 Å². The minimum Gasteiger partial charge on any atom is -0.496 e. The van der Waals surface area contributed by atoms with Gasteiger partial charge < -0.3 is 24.8 Å². The van der Waals surface area contributed by atoms with Gasteiger partial charge in [-0.25, -0.2) is 0 Å². The Kier molecular flexibility index (Phi) is 6.95. The first kappa shape index (κ1) is 20.2. The molecule has 24 heavy (non-hydrogen) atoms. The number of hydrogen-bond acceptors (Lipinski definition) is 6. The molecule has 3 N–H and O–H groups in total. The molecule has 0 saturated heterocycles. The minimum atomic E-state index is -1.37. The van der Waals surface area contributed by atoms with Crippen molar-refractivity contribution in [3.8, 4) is 11.5 Å². The summed E-state index contributed by atoms with van der Waals surface area (Å²) < 4.78 is 10.5. The van der Waals surface area contributed by atoms with E-state index in [-0.39, 0.29) is 22.8 Å². The Bertz CT molecular complexity index is 575. The maximum Gasteiger partial charge on any atom is 0.161 e. The zero-order chi connectivity index (χ0) is 18.5. The van der Waals surface area contributed by atoms with Crippen LogP contribution in [0.4, 0.5) is 0 Å². The number of benzene rings is 1. The van der Waals surface area contributed by atoms with Gasteiger partial charge in [0.15, 0.2) is 5.78 Å². The van der Waals surface area contributed by atoms with Gasteiger partial charge in [0.1, 0.15) is 23.7 Å². The number of allylic oxidation sites excluding steroid dienone is 1. The lowest BCUT2D eigenvalue weighted by molar-refractivity contribution is -0.121. The summed E-state index contributed by atoms with van der Waals surface area (Å²) in [5.74, 6) is 0.551. The highest BCUT2D eigenvalue weighted by Gasteiger charge is 2.26. The Morgan fingerprint density at radius 2 is 1.67 bits per heavy atom. The Morgan fingerprint density at radius 3 is 2.04 bits per heavy atom. The molecule has 0 aromatic heterocycles. The molecule has 0 radical (unpaired) electrons. The largest absolute Gasteiger partial charge is 0.496 e. The Balaban J connectivity index is 3.29. The molecule has 0 heterocycles. The molecule has 0 aliphatic rings. The first-order chi connectivity index (χ1) is 11.1. The molecular formula is C18H26O6. The van der Waals surface area contributed by atoms with Crippen molar-refractivity contribution in [3.05, 3.63) is 29.3 Å². The van der Waals surface area contributed by atoms with Crippen molar-refractivity contribution in [1.82, 2.24) is 0 Å². The fourth-order valence-corrected chi connectivity index (χ4v) is 2.06. The van der Waals surface area contributed by atoms with Gasteiger partial charge in [-0.3, -0.25) is 4.79 Å². The van der Waals surface area contributed by atoms with Crippen molar-refractivity contribution in [2.45, 2.75) is 33.0 Å². The Hall–Kier alpha value is -1.89. The Morgan fingerprint density at radius 1 is 1.17 bits per heavy atom. The number of aliphatic hydroxyl groups is 3. The molecule has 0 spiro atoms. The van der Waals surface area contributed by atoms with E-state index >= 15 is 0 Å². The molecule has 2 atom stereocenters. The highest BCUT2D eigenvalue weighted by Crippen LogP contribution is 2.37. The van der Waals surface area contributed by atoms with Crippen molar-refractivity contribution < 1.29 is 29.6 Å². The van der Waals surface area contributed by atoms with Gasteiger partial charge in [-0.1, -0.05) is 26.8 Å². The molecule has 0 bridgehead atoms. The normalized spacial score (nSPS) is 14.5. The maximum atomic E-state index is 12.0. The quantitative estimate of drug-likeness (QED) is 0.655. The van der Waals surface area contributed by atoms with Crippen LogP contribution in [0.5, 0.6) is 11.5 Å². The SMILES string of the molecule is COc1cc(C=CC(=O)C(C)(C)C)cc(OC)c1C(O)C(O)CO. The second-order valence-electron chi connectivity index (χ2n) is 6.48. The summed E-state index contributed by atoms with van der Waals surface area (Å²) in [5.41, 5.74) is 0.406. The van der Waals surface area contributed by atoms with E-state index < -0.39 is 24.2 Å². The first-order valence-corrected chi connectivity index (χ1v) is 7.61. The molecule has 134 valence electrons. The smallest absolute Gasteiger partial charge is 0.161 e. The molecular weight excluding hydrogens is 312 g/mol. The van der Waals surface area contributed by atoms with Crippen LogP contribution in [-0.4, -0.2) is 48.0 Å². The summed E-state index contributed by atoms with van der Waals surface area (Å²) in [6.45, 7) is 4.89. The van der Waals surface area contributed by atoms with Crippen molar-refractivity contribution in [1.29, 1.82) is 0 Å². The number of rotatable bonds is 7. The number of hydrogen-bond donors (Lipinski definition) is 3. The van der Waals surface area contributed by atoms with Crippen LogP contribution in [0.25, 0.3) is 6.08 Å². The van der Waals surface area contributed by atoms with Gasteiger partial charge in [0.25, 0.3) is 0 Å². The molecule has 2 unspecified atom stereocenters. The Labute approximate surface area is 142 Å². The highest BCUT2D eigenvalue weighted by molar-refractivity contribution is 5.97. The lowest BCUT2D eigenvalue weighted by Gasteiger charge is -2.21. The summed E-state index contributed by atoms with van der Waals surface area (Å²) >= 11 is 0. The van der Waals surface area contributed by atoms with E-state index in [0.29, 0.717) is 5.56 Å². The van der Waals surface area contributed by atoms with Gasteiger partial charge in [-0.2, -0.15) is 0 Å². The molecule has 0 saturated carbocycles. The summed E-state index contributed by atoms with van der Waals surface area (Å²) in [4.78, 5) is 12.0. The third-order valence-electron chi connectivity index (χ3n) is 3.58. The van der Waals surface area contributed by atoms with Crippen LogP contribution in [-0.2, 0) is 4.79 Å². The summed E-state index contributed by atoms with van der Waals surface area (Å²) in [7, 11) is 2.84. The molecule has 0 fully saturated rings. The standard InChI is InChI=1S/C18H26O6/c1-18(2,3)15(21)7-6-11-8-13(23-4)16(14(9-11)24-5)17(22)12(20)10-19/h6-9,12,17,19-20,22H,10H2,1-5H3. The number of carbonyl (C=O) groups is 1. The van der Waals surface area contributed by atoms with Gasteiger partial charge in [0.05, 0.1) is 26.4 Å². The third kappa shape index (κ3) is 4.80. The van der Waals surface area contributed by atoms with Crippen LogP contribution < -0.4 is 9.47 Å². The molecule has 1 aromatic rings. The molecule has 1 aromatic carbocycles.